The lowest BCUT2D eigenvalue weighted by Crippen LogP contribution is -1.84. The molecule has 0 bridgehead atoms. The molecule has 0 aliphatic carbocycles. The van der Waals surface area contributed by atoms with Crippen molar-refractivity contribution in [3.05, 3.63) is 41.7 Å². The lowest BCUT2D eigenvalue weighted by Gasteiger charge is -2.01. The first-order valence-corrected chi connectivity index (χ1v) is 4.54. The fraction of sp³-hybridized carbons (Fsp3) is 0.100. The molecule has 0 amide bonds. The highest BCUT2D eigenvalue weighted by Gasteiger charge is 1.99. The molecule has 0 N–H and O–H groups in total. The van der Waals surface area contributed by atoms with E-state index in [1.807, 2.05) is 19.2 Å². The zero-order valence-electron chi connectivity index (χ0n) is 7.64. The van der Waals surface area contributed by atoms with E-state index in [0.717, 1.165) is 0 Å². The average Bonchev–Trinajstić information content (AvgIpc) is 2.51. The molecule has 0 saturated carbocycles. The van der Waals surface area contributed by atoms with Gasteiger partial charge in [-0.3, -0.25) is 4.68 Å². The van der Waals surface area contributed by atoms with Crippen LogP contribution in [0, 0.1) is 0 Å². The van der Waals surface area contributed by atoms with Crippen molar-refractivity contribution in [1.82, 2.24) is 9.78 Å². The Kier molecular flexibility index (Phi) is 2.41. The summed E-state index contributed by atoms with van der Waals surface area (Å²) >= 11 is 5.82. The average molecular weight is 209 g/mol. The quantitative estimate of drug-likeness (QED) is 0.759. The van der Waals surface area contributed by atoms with Crippen LogP contribution in [0.5, 0.6) is 11.5 Å². The van der Waals surface area contributed by atoms with Crippen LogP contribution in [0.1, 0.15) is 0 Å². The minimum atomic E-state index is 0.659. The van der Waals surface area contributed by atoms with Crippen molar-refractivity contribution in [2.45, 2.75) is 0 Å². The number of rotatable bonds is 2. The van der Waals surface area contributed by atoms with Gasteiger partial charge in [-0.2, -0.15) is 5.10 Å². The molecule has 72 valence electrons. The van der Waals surface area contributed by atoms with Gasteiger partial charge >= 0.3 is 0 Å². The highest BCUT2D eigenvalue weighted by Crippen LogP contribution is 2.23. The second kappa shape index (κ2) is 3.72. The summed E-state index contributed by atoms with van der Waals surface area (Å²) in [4.78, 5) is 0. The summed E-state index contributed by atoms with van der Waals surface area (Å²) in [7, 11) is 1.84. The van der Waals surface area contributed by atoms with Crippen LogP contribution >= 0.6 is 11.6 Å². The first-order valence-electron chi connectivity index (χ1n) is 4.16. The van der Waals surface area contributed by atoms with Gasteiger partial charge in [-0.05, 0) is 18.2 Å². The highest BCUT2D eigenvalue weighted by atomic mass is 35.5. The van der Waals surface area contributed by atoms with Crippen LogP contribution in [0.15, 0.2) is 36.7 Å². The number of ether oxygens (including phenoxy) is 1. The van der Waals surface area contributed by atoms with E-state index in [-0.39, 0.29) is 0 Å². The molecular weight excluding hydrogens is 200 g/mol. The van der Waals surface area contributed by atoms with Crippen molar-refractivity contribution < 1.29 is 4.74 Å². The number of aromatic nitrogens is 2. The summed E-state index contributed by atoms with van der Waals surface area (Å²) in [5, 5.41) is 4.65. The molecule has 2 rings (SSSR count). The molecule has 0 spiro atoms. The predicted octanol–water partition coefficient (Wildman–Crippen LogP) is 2.87. The minimum absolute atomic E-state index is 0.659. The van der Waals surface area contributed by atoms with Crippen LogP contribution < -0.4 is 4.74 Å². The van der Waals surface area contributed by atoms with Crippen LogP contribution in [-0.4, -0.2) is 9.78 Å². The van der Waals surface area contributed by atoms with Gasteiger partial charge in [-0.25, -0.2) is 0 Å². The third-order valence-electron chi connectivity index (χ3n) is 1.71. The normalized spacial score (nSPS) is 10.1. The maximum atomic E-state index is 5.82. The molecule has 4 heteroatoms. The van der Waals surface area contributed by atoms with Gasteiger partial charge in [0.15, 0.2) is 5.75 Å². The van der Waals surface area contributed by atoms with Crippen molar-refractivity contribution >= 4 is 11.6 Å². The van der Waals surface area contributed by atoms with Crippen molar-refractivity contribution in [2.24, 2.45) is 7.05 Å². The Morgan fingerprint density at radius 1 is 1.36 bits per heavy atom. The van der Waals surface area contributed by atoms with Gasteiger partial charge in [0.05, 0.1) is 12.4 Å². The zero-order valence-corrected chi connectivity index (χ0v) is 8.40. The summed E-state index contributed by atoms with van der Waals surface area (Å²) in [6.07, 6.45) is 3.45. The maximum absolute atomic E-state index is 5.82. The molecule has 0 saturated heterocycles. The third-order valence-corrected chi connectivity index (χ3v) is 1.95. The summed E-state index contributed by atoms with van der Waals surface area (Å²) in [5.74, 6) is 1.42. The van der Waals surface area contributed by atoms with E-state index in [9.17, 15) is 0 Å². The van der Waals surface area contributed by atoms with Gasteiger partial charge in [0.1, 0.15) is 5.75 Å². The summed E-state index contributed by atoms with van der Waals surface area (Å²) < 4.78 is 7.19. The lowest BCUT2D eigenvalue weighted by molar-refractivity contribution is 0.482. The number of halogens is 1. The van der Waals surface area contributed by atoms with Crippen molar-refractivity contribution in [1.29, 1.82) is 0 Å². The number of hydrogen-bond donors (Lipinski definition) is 0. The highest BCUT2D eigenvalue weighted by molar-refractivity contribution is 6.30. The van der Waals surface area contributed by atoms with Crippen LogP contribution in [0.4, 0.5) is 0 Å². The molecule has 1 aromatic heterocycles. The molecule has 3 nitrogen and oxygen atoms in total. The van der Waals surface area contributed by atoms with E-state index < -0.39 is 0 Å². The van der Waals surface area contributed by atoms with E-state index in [1.165, 1.54) is 0 Å². The monoisotopic (exact) mass is 208 g/mol. The fourth-order valence-electron chi connectivity index (χ4n) is 1.12. The second-order valence-corrected chi connectivity index (χ2v) is 3.35. The van der Waals surface area contributed by atoms with Crippen LogP contribution in [-0.2, 0) is 7.05 Å². The Morgan fingerprint density at radius 3 is 2.86 bits per heavy atom. The summed E-state index contributed by atoms with van der Waals surface area (Å²) in [6.45, 7) is 0. The molecule has 0 aliphatic rings. The van der Waals surface area contributed by atoms with Gasteiger partial charge in [-0.1, -0.05) is 17.7 Å². The third kappa shape index (κ3) is 2.06. The van der Waals surface area contributed by atoms with E-state index in [1.54, 1.807) is 29.2 Å². The number of benzene rings is 1. The van der Waals surface area contributed by atoms with E-state index in [0.29, 0.717) is 16.5 Å². The van der Waals surface area contributed by atoms with Gasteiger partial charge in [0, 0.05) is 12.1 Å². The summed E-state index contributed by atoms with van der Waals surface area (Å²) in [5.41, 5.74) is 0. The van der Waals surface area contributed by atoms with Crippen molar-refractivity contribution in [3.8, 4) is 11.5 Å². The molecule has 0 fully saturated rings. The molecule has 0 aliphatic heterocycles. The minimum Gasteiger partial charge on any atom is -0.454 e. The standard InChI is InChI=1S/C10H9ClN2O/c1-13-7-10(6-12-13)14-9-4-2-3-8(11)5-9/h2-7H,1H3. The second-order valence-electron chi connectivity index (χ2n) is 2.91. The van der Waals surface area contributed by atoms with Crippen molar-refractivity contribution in [3.63, 3.8) is 0 Å². The Bertz CT molecular complexity index is 439. The van der Waals surface area contributed by atoms with Gasteiger partial charge in [0.2, 0.25) is 0 Å². The SMILES string of the molecule is Cn1cc(Oc2cccc(Cl)c2)cn1. The number of aryl methyl sites for hydroxylation is 1. The molecular formula is C10H9ClN2O. The Hall–Kier alpha value is -1.48. The Balaban J connectivity index is 2.18. The first kappa shape index (κ1) is 9.09. The van der Waals surface area contributed by atoms with Gasteiger partial charge < -0.3 is 4.74 Å². The molecule has 1 aromatic carbocycles. The first-order chi connectivity index (χ1) is 6.74. The largest absolute Gasteiger partial charge is 0.454 e. The number of hydrogen-bond acceptors (Lipinski definition) is 2. The molecule has 0 unspecified atom stereocenters. The smallest absolute Gasteiger partial charge is 0.165 e. The molecule has 0 atom stereocenters. The van der Waals surface area contributed by atoms with E-state index >= 15 is 0 Å². The lowest BCUT2D eigenvalue weighted by atomic mass is 10.3. The van der Waals surface area contributed by atoms with Crippen molar-refractivity contribution in [2.75, 3.05) is 0 Å². The fourth-order valence-corrected chi connectivity index (χ4v) is 1.30. The van der Waals surface area contributed by atoms with Gasteiger partial charge in [-0.15, -0.1) is 0 Å². The maximum Gasteiger partial charge on any atom is 0.165 e. The van der Waals surface area contributed by atoms with Gasteiger partial charge in [0.25, 0.3) is 0 Å². The Morgan fingerprint density at radius 2 is 2.21 bits per heavy atom. The van der Waals surface area contributed by atoms with E-state index in [4.69, 9.17) is 16.3 Å². The molecule has 1 heterocycles. The number of nitrogens with zero attached hydrogens (tertiary/aromatic N) is 2. The zero-order chi connectivity index (χ0) is 9.97. The predicted molar refractivity (Wildman–Crippen MR) is 54.7 cm³/mol. The summed E-state index contributed by atoms with van der Waals surface area (Å²) in [6, 6.07) is 7.25. The van der Waals surface area contributed by atoms with Crippen LogP contribution in [0.25, 0.3) is 0 Å². The Labute approximate surface area is 86.9 Å². The van der Waals surface area contributed by atoms with Crippen LogP contribution in [0.3, 0.4) is 0 Å². The van der Waals surface area contributed by atoms with E-state index in [2.05, 4.69) is 5.10 Å². The molecule has 14 heavy (non-hydrogen) atoms. The molecule has 0 radical (unpaired) electrons. The molecule has 2 aromatic rings. The van der Waals surface area contributed by atoms with Crippen LogP contribution in [0.2, 0.25) is 5.02 Å². The topological polar surface area (TPSA) is 27.1 Å².